The van der Waals surface area contributed by atoms with Gasteiger partial charge in [0.2, 0.25) is 5.91 Å². The Hall–Kier alpha value is -0.610. The molecule has 0 aliphatic heterocycles. The van der Waals surface area contributed by atoms with Crippen LogP contribution in [0.1, 0.15) is 45.4 Å². The lowest BCUT2D eigenvalue weighted by molar-refractivity contribution is -0.135. The lowest BCUT2D eigenvalue weighted by Gasteiger charge is -2.37. The molecular formula is C13H25NO3. The maximum absolute atomic E-state index is 12.0. The van der Waals surface area contributed by atoms with Crippen molar-refractivity contribution < 1.29 is 14.6 Å². The Bertz CT molecular complexity index is 217. The molecule has 1 N–H and O–H groups in total. The second-order valence-corrected chi connectivity index (χ2v) is 4.55. The van der Waals surface area contributed by atoms with Gasteiger partial charge in [0.1, 0.15) is 0 Å². The molecule has 0 aromatic rings. The summed E-state index contributed by atoms with van der Waals surface area (Å²) >= 11 is 0. The van der Waals surface area contributed by atoms with E-state index in [1.807, 2.05) is 11.8 Å². The number of amides is 1. The van der Waals surface area contributed by atoms with Gasteiger partial charge in [0.25, 0.3) is 0 Å². The van der Waals surface area contributed by atoms with E-state index >= 15 is 0 Å². The van der Waals surface area contributed by atoms with Gasteiger partial charge < -0.3 is 14.7 Å². The number of aliphatic hydroxyl groups excluding tert-OH is 1. The molecule has 0 aromatic carbocycles. The van der Waals surface area contributed by atoms with Crippen molar-refractivity contribution >= 4 is 5.91 Å². The molecule has 0 saturated heterocycles. The third kappa shape index (κ3) is 5.04. The summed E-state index contributed by atoms with van der Waals surface area (Å²) in [6.07, 6.45) is 5.54. The summed E-state index contributed by atoms with van der Waals surface area (Å²) in [5.74, 6) is 0.225. The SMILES string of the molecule is CCOCCCC(=O)N(CCCO)C1CCC1. The summed E-state index contributed by atoms with van der Waals surface area (Å²) in [6.45, 7) is 4.21. The molecule has 0 aromatic heterocycles. The van der Waals surface area contributed by atoms with Crippen LogP contribution in [0.15, 0.2) is 0 Å². The van der Waals surface area contributed by atoms with Crippen molar-refractivity contribution in [2.24, 2.45) is 0 Å². The van der Waals surface area contributed by atoms with E-state index in [4.69, 9.17) is 9.84 Å². The van der Waals surface area contributed by atoms with Gasteiger partial charge in [0.05, 0.1) is 0 Å². The molecular weight excluding hydrogens is 218 g/mol. The fourth-order valence-corrected chi connectivity index (χ4v) is 2.06. The minimum atomic E-state index is 0.162. The van der Waals surface area contributed by atoms with Gasteiger partial charge in [-0.25, -0.2) is 0 Å². The van der Waals surface area contributed by atoms with Crippen LogP contribution in [-0.2, 0) is 9.53 Å². The van der Waals surface area contributed by atoms with Crippen LogP contribution >= 0.6 is 0 Å². The summed E-state index contributed by atoms with van der Waals surface area (Å²) in [5.41, 5.74) is 0. The van der Waals surface area contributed by atoms with Crippen molar-refractivity contribution in [2.45, 2.75) is 51.5 Å². The molecule has 4 heteroatoms. The van der Waals surface area contributed by atoms with Gasteiger partial charge in [-0.15, -0.1) is 0 Å². The molecule has 1 fully saturated rings. The van der Waals surface area contributed by atoms with Crippen molar-refractivity contribution in [1.29, 1.82) is 0 Å². The van der Waals surface area contributed by atoms with Gasteiger partial charge in [-0.05, 0) is 39.0 Å². The van der Waals surface area contributed by atoms with Crippen molar-refractivity contribution in [3.63, 3.8) is 0 Å². The molecule has 0 radical (unpaired) electrons. The predicted molar refractivity (Wildman–Crippen MR) is 66.8 cm³/mol. The third-order valence-corrected chi connectivity index (χ3v) is 3.28. The lowest BCUT2D eigenvalue weighted by atomic mass is 9.91. The molecule has 17 heavy (non-hydrogen) atoms. The van der Waals surface area contributed by atoms with Crippen LogP contribution in [0.4, 0.5) is 0 Å². The largest absolute Gasteiger partial charge is 0.396 e. The third-order valence-electron chi connectivity index (χ3n) is 3.28. The molecule has 1 amide bonds. The van der Waals surface area contributed by atoms with Crippen molar-refractivity contribution in [3.8, 4) is 0 Å². The first-order valence-electron chi connectivity index (χ1n) is 6.77. The van der Waals surface area contributed by atoms with Gasteiger partial charge in [0, 0.05) is 38.8 Å². The fourth-order valence-electron chi connectivity index (χ4n) is 2.06. The Kier molecular flexibility index (Phi) is 7.21. The minimum absolute atomic E-state index is 0.162. The van der Waals surface area contributed by atoms with Crippen LogP contribution in [0.5, 0.6) is 0 Å². The molecule has 0 atom stereocenters. The van der Waals surface area contributed by atoms with E-state index in [-0.39, 0.29) is 12.5 Å². The fraction of sp³-hybridized carbons (Fsp3) is 0.923. The van der Waals surface area contributed by atoms with Crippen molar-refractivity contribution in [1.82, 2.24) is 4.90 Å². The molecule has 100 valence electrons. The van der Waals surface area contributed by atoms with Gasteiger partial charge in [-0.3, -0.25) is 4.79 Å². The van der Waals surface area contributed by atoms with Gasteiger partial charge in [0.15, 0.2) is 0 Å². The standard InChI is InChI=1S/C13H25NO3/c1-2-17-11-4-8-13(16)14(9-5-10-15)12-6-3-7-12/h12,15H,2-11H2,1H3. The van der Waals surface area contributed by atoms with Gasteiger partial charge in [-0.2, -0.15) is 0 Å². The highest BCUT2D eigenvalue weighted by atomic mass is 16.5. The van der Waals surface area contributed by atoms with Crippen LogP contribution in [0.25, 0.3) is 0 Å². The van der Waals surface area contributed by atoms with Crippen LogP contribution in [0.3, 0.4) is 0 Å². The molecule has 0 heterocycles. The van der Waals surface area contributed by atoms with E-state index < -0.39 is 0 Å². The first-order valence-corrected chi connectivity index (χ1v) is 6.77. The number of carbonyl (C=O) groups is 1. The molecule has 4 nitrogen and oxygen atoms in total. The van der Waals surface area contributed by atoms with E-state index in [9.17, 15) is 4.79 Å². The average Bonchev–Trinajstić information content (AvgIpc) is 2.27. The first-order chi connectivity index (χ1) is 8.29. The van der Waals surface area contributed by atoms with Crippen LogP contribution < -0.4 is 0 Å². The van der Waals surface area contributed by atoms with E-state index in [2.05, 4.69) is 0 Å². The molecule has 0 bridgehead atoms. The van der Waals surface area contributed by atoms with Crippen LogP contribution in [-0.4, -0.2) is 48.3 Å². The second kappa shape index (κ2) is 8.48. The quantitative estimate of drug-likeness (QED) is 0.625. The van der Waals surface area contributed by atoms with Crippen molar-refractivity contribution in [3.05, 3.63) is 0 Å². The van der Waals surface area contributed by atoms with Crippen LogP contribution in [0.2, 0.25) is 0 Å². The molecule has 1 aliphatic carbocycles. The minimum Gasteiger partial charge on any atom is -0.396 e. The smallest absolute Gasteiger partial charge is 0.222 e. The maximum atomic E-state index is 12.0. The highest BCUT2D eigenvalue weighted by molar-refractivity contribution is 5.76. The van der Waals surface area contributed by atoms with Gasteiger partial charge in [-0.1, -0.05) is 0 Å². The Morgan fingerprint density at radius 3 is 2.71 bits per heavy atom. The summed E-state index contributed by atoms with van der Waals surface area (Å²) < 4.78 is 5.23. The number of hydrogen-bond donors (Lipinski definition) is 1. The number of ether oxygens (including phenoxy) is 1. The highest BCUT2D eigenvalue weighted by Gasteiger charge is 2.27. The van der Waals surface area contributed by atoms with E-state index in [1.165, 1.54) is 6.42 Å². The molecule has 0 unspecified atom stereocenters. The molecule has 1 saturated carbocycles. The average molecular weight is 243 g/mol. The monoisotopic (exact) mass is 243 g/mol. The Labute approximate surface area is 104 Å². The Morgan fingerprint density at radius 2 is 2.18 bits per heavy atom. The summed E-state index contributed by atoms with van der Waals surface area (Å²) in [5, 5.41) is 8.86. The van der Waals surface area contributed by atoms with Gasteiger partial charge >= 0.3 is 0 Å². The normalized spacial score (nSPS) is 15.6. The highest BCUT2D eigenvalue weighted by Crippen LogP contribution is 2.25. The van der Waals surface area contributed by atoms with E-state index in [0.717, 1.165) is 19.3 Å². The maximum Gasteiger partial charge on any atom is 0.222 e. The topological polar surface area (TPSA) is 49.8 Å². The number of carbonyl (C=O) groups excluding carboxylic acids is 1. The van der Waals surface area contributed by atoms with Crippen LogP contribution in [0, 0.1) is 0 Å². The summed E-state index contributed by atoms with van der Waals surface area (Å²) in [4.78, 5) is 14.0. The Balaban J connectivity index is 2.26. The summed E-state index contributed by atoms with van der Waals surface area (Å²) in [6, 6.07) is 0.432. The number of aliphatic hydroxyl groups is 1. The number of rotatable bonds is 9. The van der Waals surface area contributed by atoms with E-state index in [1.54, 1.807) is 0 Å². The zero-order valence-corrected chi connectivity index (χ0v) is 10.9. The zero-order chi connectivity index (χ0) is 12.5. The second-order valence-electron chi connectivity index (χ2n) is 4.55. The molecule has 1 rings (SSSR count). The first kappa shape index (κ1) is 14.5. The lowest BCUT2D eigenvalue weighted by Crippen LogP contribution is -2.44. The Morgan fingerprint density at radius 1 is 1.41 bits per heavy atom. The number of nitrogens with zero attached hydrogens (tertiary/aromatic N) is 1. The zero-order valence-electron chi connectivity index (χ0n) is 10.9. The van der Waals surface area contributed by atoms with E-state index in [0.29, 0.717) is 38.6 Å². The summed E-state index contributed by atoms with van der Waals surface area (Å²) in [7, 11) is 0. The molecule has 0 spiro atoms. The number of hydrogen-bond acceptors (Lipinski definition) is 3. The van der Waals surface area contributed by atoms with Crippen molar-refractivity contribution in [2.75, 3.05) is 26.4 Å². The molecule has 1 aliphatic rings. The predicted octanol–water partition coefficient (Wildman–Crippen LogP) is 1.57.